The molecule has 0 radical (unpaired) electrons. The number of nitrogens with zero attached hydrogens (tertiary/aromatic N) is 1. The third kappa shape index (κ3) is 4.37. The van der Waals surface area contributed by atoms with Crippen LogP contribution in [0.1, 0.15) is 11.1 Å². The van der Waals surface area contributed by atoms with Crippen molar-refractivity contribution in [3.05, 3.63) is 58.3 Å². The zero-order chi connectivity index (χ0) is 15.5. The van der Waals surface area contributed by atoms with Crippen molar-refractivity contribution in [2.45, 2.75) is 18.2 Å². The number of sulfonamides is 1. The summed E-state index contributed by atoms with van der Waals surface area (Å²) in [5, 5.41) is 0. The molecule has 0 fully saturated rings. The summed E-state index contributed by atoms with van der Waals surface area (Å²) in [5.74, 6) is -0.584. The van der Waals surface area contributed by atoms with Crippen LogP contribution >= 0.6 is 15.9 Å². The zero-order valence-electron chi connectivity index (χ0n) is 11.2. The van der Waals surface area contributed by atoms with E-state index in [0.717, 1.165) is 11.1 Å². The van der Waals surface area contributed by atoms with Gasteiger partial charge in [-0.2, -0.15) is 0 Å². The molecule has 0 atom stereocenters. The lowest BCUT2D eigenvalue weighted by molar-refractivity contribution is -0.118. The van der Waals surface area contributed by atoms with Crippen molar-refractivity contribution in [2.24, 2.45) is 0 Å². The van der Waals surface area contributed by atoms with Gasteiger partial charge in [0.2, 0.25) is 5.91 Å². The normalized spacial score (nSPS) is 11.1. The largest absolute Gasteiger partial charge is 0.274 e. The average molecular weight is 369 g/mol. The third-order valence-electron chi connectivity index (χ3n) is 2.72. The number of carbonyl (C=O) groups is 1. The molecule has 0 aliphatic carbocycles. The highest BCUT2D eigenvalue weighted by Gasteiger charge is 2.18. The highest BCUT2D eigenvalue weighted by atomic mass is 79.9. The number of benzene rings is 1. The molecule has 0 aliphatic rings. The second-order valence-electron chi connectivity index (χ2n) is 4.53. The van der Waals surface area contributed by atoms with Gasteiger partial charge in [-0.05, 0) is 34.5 Å². The third-order valence-corrected chi connectivity index (χ3v) is 4.50. The Balaban J connectivity index is 2.09. The number of carbonyl (C=O) groups excluding carboxylic acids is 1. The molecule has 1 aromatic carbocycles. The van der Waals surface area contributed by atoms with Crippen molar-refractivity contribution in [1.29, 1.82) is 0 Å². The lowest BCUT2D eigenvalue weighted by Crippen LogP contribution is -2.31. The first-order chi connectivity index (χ1) is 9.87. The van der Waals surface area contributed by atoms with Gasteiger partial charge in [-0.1, -0.05) is 29.8 Å². The van der Waals surface area contributed by atoms with Gasteiger partial charge < -0.3 is 0 Å². The predicted molar refractivity (Wildman–Crippen MR) is 82.1 cm³/mol. The van der Waals surface area contributed by atoms with Crippen LogP contribution in [0.5, 0.6) is 0 Å². The molecular formula is C14H13BrN2O3S. The van der Waals surface area contributed by atoms with Crippen molar-refractivity contribution in [1.82, 2.24) is 9.71 Å². The standard InChI is InChI=1S/C14H13BrN2O3S/c1-10-2-4-11(5-3-10)6-14(18)17-21(19,20)13-7-12(15)8-16-9-13/h2-5,7-9H,6H2,1H3,(H,17,18). The molecule has 2 aromatic rings. The Morgan fingerprint density at radius 3 is 2.52 bits per heavy atom. The minimum absolute atomic E-state index is 0.000934. The molecule has 1 heterocycles. The zero-order valence-corrected chi connectivity index (χ0v) is 13.6. The van der Waals surface area contributed by atoms with Gasteiger partial charge in [-0.15, -0.1) is 0 Å². The van der Waals surface area contributed by atoms with E-state index in [9.17, 15) is 13.2 Å². The van der Waals surface area contributed by atoms with Gasteiger partial charge in [0.25, 0.3) is 10.0 Å². The average Bonchev–Trinajstić information content (AvgIpc) is 2.41. The molecule has 0 aliphatic heterocycles. The maximum Gasteiger partial charge on any atom is 0.265 e. The molecule has 0 saturated carbocycles. The van der Waals surface area contributed by atoms with E-state index in [1.165, 1.54) is 18.5 Å². The summed E-state index contributed by atoms with van der Waals surface area (Å²) >= 11 is 3.14. The van der Waals surface area contributed by atoms with E-state index in [1.807, 2.05) is 23.8 Å². The Kier molecular flexibility index (Phi) is 4.74. The van der Waals surface area contributed by atoms with Gasteiger partial charge in [0, 0.05) is 16.9 Å². The van der Waals surface area contributed by atoms with Gasteiger partial charge in [-0.25, -0.2) is 13.1 Å². The number of nitrogens with one attached hydrogen (secondary N) is 1. The highest BCUT2D eigenvalue weighted by molar-refractivity contribution is 9.10. The lowest BCUT2D eigenvalue weighted by Gasteiger charge is -2.07. The van der Waals surface area contributed by atoms with Gasteiger partial charge in [0.05, 0.1) is 6.42 Å². The fraction of sp³-hybridized carbons (Fsp3) is 0.143. The van der Waals surface area contributed by atoms with E-state index in [4.69, 9.17) is 0 Å². The predicted octanol–water partition coefficient (Wildman–Crippen LogP) is 2.20. The summed E-state index contributed by atoms with van der Waals surface area (Å²) in [6.07, 6.45) is 2.65. The number of aryl methyl sites for hydroxylation is 1. The summed E-state index contributed by atoms with van der Waals surface area (Å²) in [7, 11) is -3.90. The highest BCUT2D eigenvalue weighted by Crippen LogP contribution is 2.14. The van der Waals surface area contributed by atoms with Crippen LogP contribution in [0, 0.1) is 6.92 Å². The van der Waals surface area contributed by atoms with E-state index < -0.39 is 15.9 Å². The van der Waals surface area contributed by atoms with Gasteiger partial charge in [-0.3, -0.25) is 9.78 Å². The molecule has 0 bridgehead atoms. The van der Waals surface area contributed by atoms with Crippen molar-refractivity contribution < 1.29 is 13.2 Å². The van der Waals surface area contributed by atoms with Gasteiger partial charge in [0.1, 0.15) is 4.90 Å². The summed E-state index contributed by atoms with van der Waals surface area (Å²) in [4.78, 5) is 15.6. The van der Waals surface area contributed by atoms with Crippen molar-refractivity contribution in [3.63, 3.8) is 0 Å². The number of amides is 1. The molecule has 1 N–H and O–H groups in total. The number of aromatic nitrogens is 1. The Morgan fingerprint density at radius 2 is 1.90 bits per heavy atom. The smallest absolute Gasteiger partial charge is 0.265 e. The summed E-state index contributed by atoms with van der Waals surface area (Å²) < 4.78 is 26.7. The molecule has 1 amide bonds. The van der Waals surface area contributed by atoms with Crippen molar-refractivity contribution in [3.8, 4) is 0 Å². The van der Waals surface area contributed by atoms with Crippen LogP contribution in [0.4, 0.5) is 0 Å². The maximum absolute atomic E-state index is 12.0. The minimum atomic E-state index is -3.90. The second kappa shape index (κ2) is 6.36. The van der Waals surface area contributed by atoms with Crippen LogP contribution in [-0.2, 0) is 21.2 Å². The molecule has 0 saturated heterocycles. The fourth-order valence-electron chi connectivity index (χ4n) is 1.68. The van der Waals surface area contributed by atoms with Crippen LogP contribution in [0.15, 0.2) is 52.1 Å². The van der Waals surface area contributed by atoms with Crippen LogP contribution < -0.4 is 4.72 Å². The van der Waals surface area contributed by atoms with Crippen LogP contribution in [0.3, 0.4) is 0 Å². The van der Waals surface area contributed by atoms with E-state index in [2.05, 4.69) is 20.9 Å². The van der Waals surface area contributed by atoms with Crippen molar-refractivity contribution >= 4 is 31.9 Å². The number of halogens is 1. The molecule has 21 heavy (non-hydrogen) atoms. The number of rotatable bonds is 4. The SMILES string of the molecule is Cc1ccc(CC(=O)NS(=O)(=O)c2cncc(Br)c2)cc1. The van der Waals surface area contributed by atoms with E-state index in [1.54, 1.807) is 12.1 Å². The summed E-state index contributed by atoms with van der Waals surface area (Å²) in [6, 6.07) is 8.71. The summed E-state index contributed by atoms with van der Waals surface area (Å²) in [6.45, 7) is 1.94. The molecule has 2 rings (SSSR count). The van der Waals surface area contributed by atoms with E-state index >= 15 is 0 Å². The van der Waals surface area contributed by atoms with Crippen LogP contribution in [-0.4, -0.2) is 19.3 Å². The molecule has 1 aromatic heterocycles. The van der Waals surface area contributed by atoms with E-state index in [0.29, 0.717) is 4.47 Å². The Hall–Kier alpha value is -1.73. The molecule has 110 valence electrons. The van der Waals surface area contributed by atoms with Crippen molar-refractivity contribution in [2.75, 3.05) is 0 Å². The molecule has 5 nitrogen and oxygen atoms in total. The van der Waals surface area contributed by atoms with Gasteiger partial charge >= 0.3 is 0 Å². The molecule has 0 spiro atoms. The minimum Gasteiger partial charge on any atom is -0.274 e. The fourth-order valence-corrected chi connectivity index (χ4v) is 3.16. The van der Waals surface area contributed by atoms with Crippen LogP contribution in [0.25, 0.3) is 0 Å². The first-order valence-corrected chi connectivity index (χ1v) is 8.36. The maximum atomic E-state index is 12.0. The Morgan fingerprint density at radius 1 is 1.24 bits per heavy atom. The monoisotopic (exact) mass is 368 g/mol. The van der Waals surface area contributed by atoms with Crippen LogP contribution in [0.2, 0.25) is 0 Å². The van der Waals surface area contributed by atoms with E-state index in [-0.39, 0.29) is 11.3 Å². The molecular weight excluding hydrogens is 356 g/mol. The Bertz CT molecular complexity index is 758. The summed E-state index contributed by atoms with van der Waals surface area (Å²) in [5.41, 5.74) is 1.83. The topological polar surface area (TPSA) is 76.1 Å². The molecule has 7 heteroatoms. The van der Waals surface area contributed by atoms with Gasteiger partial charge in [0.15, 0.2) is 0 Å². The quantitative estimate of drug-likeness (QED) is 0.897. The Labute approximate surface area is 131 Å². The second-order valence-corrected chi connectivity index (χ2v) is 7.13. The first kappa shape index (κ1) is 15.7. The molecule has 0 unspecified atom stereocenters. The number of pyridine rings is 1. The lowest BCUT2D eigenvalue weighted by atomic mass is 10.1. The number of hydrogen-bond acceptors (Lipinski definition) is 4. The first-order valence-electron chi connectivity index (χ1n) is 6.08. The number of hydrogen-bond donors (Lipinski definition) is 1.